The number of rotatable bonds is 3. The molecule has 1 aliphatic heterocycles. The molecule has 2 N–H and O–H groups in total. The summed E-state index contributed by atoms with van der Waals surface area (Å²) >= 11 is 6.42. The summed E-state index contributed by atoms with van der Waals surface area (Å²) in [7, 11) is 0. The van der Waals surface area contributed by atoms with Gasteiger partial charge in [-0.05, 0) is 26.0 Å². The molecule has 0 bridgehead atoms. The van der Waals surface area contributed by atoms with Crippen LogP contribution in [0.15, 0.2) is 24.4 Å². The Hall–Kier alpha value is -1.89. The number of nitrogens with two attached hydrogens (primary N) is 1. The molecule has 0 saturated carbocycles. The zero-order valence-electron chi connectivity index (χ0n) is 13.0. The Morgan fingerprint density at radius 3 is 3.04 bits per heavy atom. The van der Waals surface area contributed by atoms with Crippen molar-refractivity contribution in [3.63, 3.8) is 0 Å². The quantitative estimate of drug-likeness (QED) is 0.872. The molecule has 0 spiro atoms. The Morgan fingerprint density at radius 1 is 1.52 bits per heavy atom. The van der Waals surface area contributed by atoms with E-state index in [9.17, 15) is 4.79 Å². The van der Waals surface area contributed by atoms with E-state index in [4.69, 9.17) is 26.8 Å². The third kappa shape index (κ3) is 2.97. The van der Waals surface area contributed by atoms with Crippen LogP contribution in [0.4, 0.5) is 0 Å². The molecule has 2 aromatic rings. The van der Waals surface area contributed by atoms with Gasteiger partial charge in [-0.15, -0.1) is 0 Å². The molecule has 23 heavy (non-hydrogen) atoms. The van der Waals surface area contributed by atoms with Gasteiger partial charge in [0.15, 0.2) is 0 Å². The summed E-state index contributed by atoms with van der Waals surface area (Å²) in [5, 5.41) is 4.66. The predicted octanol–water partition coefficient (Wildman–Crippen LogP) is 2.62. The van der Waals surface area contributed by atoms with Gasteiger partial charge in [0.05, 0.1) is 53.5 Å². The van der Waals surface area contributed by atoms with Crippen LogP contribution in [-0.4, -0.2) is 28.5 Å². The molecule has 2 heterocycles. The Labute approximate surface area is 139 Å². The lowest BCUT2D eigenvalue weighted by atomic mass is 10.1. The summed E-state index contributed by atoms with van der Waals surface area (Å²) in [6.07, 6.45) is 1.50. The van der Waals surface area contributed by atoms with Crippen LogP contribution >= 0.6 is 11.6 Å². The van der Waals surface area contributed by atoms with Crippen LogP contribution in [0.2, 0.25) is 5.02 Å². The fraction of sp³-hybridized carbons (Fsp3) is 0.375. The summed E-state index contributed by atoms with van der Waals surface area (Å²) in [6, 6.07) is 4.97. The van der Waals surface area contributed by atoms with E-state index in [1.54, 1.807) is 42.9 Å². The Balaban J connectivity index is 2.03. The van der Waals surface area contributed by atoms with E-state index in [1.807, 2.05) is 0 Å². The number of ether oxygens (including phenoxy) is 2. The van der Waals surface area contributed by atoms with Crippen molar-refractivity contribution >= 4 is 17.6 Å². The van der Waals surface area contributed by atoms with Crippen molar-refractivity contribution in [2.75, 3.05) is 6.61 Å². The van der Waals surface area contributed by atoms with E-state index in [0.717, 1.165) is 11.3 Å². The molecule has 0 aliphatic carbocycles. The Morgan fingerprint density at radius 2 is 2.30 bits per heavy atom. The molecule has 0 fully saturated rings. The summed E-state index contributed by atoms with van der Waals surface area (Å²) in [4.78, 5) is 12.2. The molecule has 6 nitrogen and oxygen atoms in total. The zero-order valence-corrected chi connectivity index (χ0v) is 13.7. The predicted molar refractivity (Wildman–Crippen MR) is 85.7 cm³/mol. The molecule has 0 amide bonds. The van der Waals surface area contributed by atoms with Crippen LogP contribution in [0.25, 0.3) is 5.69 Å². The number of esters is 1. The van der Waals surface area contributed by atoms with Crippen molar-refractivity contribution in [2.45, 2.75) is 32.6 Å². The van der Waals surface area contributed by atoms with E-state index in [1.165, 1.54) is 0 Å². The maximum Gasteiger partial charge on any atom is 0.339 e. The number of hydrogen-bond acceptors (Lipinski definition) is 5. The van der Waals surface area contributed by atoms with Crippen LogP contribution < -0.4 is 5.73 Å². The molecule has 3 rings (SSSR count). The first-order valence-electron chi connectivity index (χ1n) is 7.39. The molecule has 0 saturated heterocycles. The van der Waals surface area contributed by atoms with Crippen LogP contribution in [0.5, 0.6) is 0 Å². The third-order valence-corrected chi connectivity index (χ3v) is 4.00. The van der Waals surface area contributed by atoms with Gasteiger partial charge in [0.2, 0.25) is 0 Å². The fourth-order valence-electron chi connectivity index (χ4n) is 2.54. The largest absolute Gasteiger partial charge is 0.459 e. The van der Waals surface area contributed by atoms with Crippen LogP contribution in [0.3, 0.4) is 0 Å². The molecular weight excluding hydrogens is 318 g/mol. The zero-order chi connectivity index (χ0) is 16.6. The highest BCUT2D eigenvalue weighted by atomic mass is 35.5. The minimum atomic E-state index is -0.458. The number of halogens is 1. The van der Waals surface area contributed by atoms with Gasteiger partial charge in [-0.3, -0.25) is 0 Å². The highest BCUT2D eigenvalue weighted by molar-refractivity contribution is 6.35. The summed E-state index contributed by atoms with van der Waals surface area (Å²) in [5.74, 6) is -0.458. The van der Waals surface area contributed by atoms with Crippen LogP contribution in [-0.2, 0) is 16.1 Å². The smallest absolute Gasteiger partial charge is 0.339 e. The second kappa shape index (κ2) is 6.31. The molecule has 1 aromatic carbocycles. The van der Waals surface area contributed by atoms with E-state index < -0.39 is 5.97 Å². The van der Waals surface area contributed by atoms with Gasteiger partial charge in [-0.1, -0.05) is 17.7 Å². The molecule has 122 valence electrons. The van der Waals surface area contributed by atoms with Crippen molar-refractivity contribution in [2.24, 2.45) is 5.73 Å². The number of carbonyl (C=O) groups excluding carboxylic acids is 1. The van der Waals surface area contributed by atoms with E-state index in [0.29, 0.717) is 29.5 Å². The van der Waals surface area contributed by atoms with Crippen molar-refractivity contribution in [1.82, 2.24) is 9.78 Å². The van der Waals surface area contributed by atoms with Gasteiger partial charge in [-0.2, -0.15) is 5.10 Å². The van der Waals surface area contributed by atoms with Gasteiger partial charge in [0, 0.05) is 5.56 Å². The van der Waals surface area contributed by atoms with Crippen molar-refractivity contribution in [3.05, 3.63) is 46.2 Å². The minimum Gasteiger partial charge on any atom is -0.459 e. The lowest BCUT2D eigenvalue weighted by molar-refractivity contribution is 0.0378. The first-order chi connectivity index (χ1) is 11.0. The van der Waals surface area contributed by atoms with E-state index in [-0.39, 0.29) is 12.1 Å². The number of nitrogens with zero attached hydrogens (tertiary/aromatic N) is 2. The molecule has 1 atom stereocenters. The van der Waals surface area contributed by atoms with Crippen LogP contribution in [0.1, 0.15) is 41.5 Å². The molecule has 1 aromatic heterocycles. The molecule has 0 radical (unpaired) electrons. The second-order valence-corrected chi connectivity index (χ2v) is 6.05. The van der Waals surface area contributed by atoms with Gasteiger partial charge < -0.3 is 15.2 Å². The molecule has 0 unspecified atom stereocenters. The summed E-state index contributed by atoms with van der Waals surface area (Å²) < 4.78 is 12.4. The van der Waals surface area contributed by atoms with Gasteiger partial charge in [0.1, 0.15) is 0 Å². The van der Waals surface area contributed by atoms with Crippen molar-refractivity contribution < 1.29 is 14.3 Å². The first kappa shape index (κ1) is 16.0. The second-order valence-electron chi connectivity index (χ2n) is 5.67. The highest BCUT2D eigenvalue weighted by Gasteiger charge is 2.25. The van der Waals surface area contributed by atoms with Gasteiger partial charge >= 0.3 is 5.97 Å². The standard InChI is InChI=1S/C16H18ClN3O3/c1-9(2)23-16(21)10-4-3-5-13(15(10)17)20-14-8-22-7-12(18)11(14)6-19-20/h3-6,9,12H,7-8,18H2,1-2H3/t12-/m1/s1. The SMILES string of the molecule is CC(C)OC(=O)c1cccc(-n2ncc3c2COC[C@H]3N)c1Cl. The third-order valence-electron chi connectivity index (χ3n) is 3.61. The number of hydrogen-bond donors (Lipinski definition) is 1. The summed E-state index contributed by atoms with van der Waals surface area (Å²) in [6.45, 7) is 4.45. The molecule has 1 aliphatic rings. The monoisotopic (exact) mass is 335 g/mol. The maximum absolute atomic E-state index is 12.2. The summed E-state index contributed by atoms with van der Waals surface area (Å²) in [5.41, 5.74) is 8.71. The topological polar surface area (TPSA) is 79.4 Å². The maximum atomic E-state index is 12.2. The lowest BCUT2D eigenvalue weighted by Crippen LogP contribution is -2.24. The first-order valence-corrected chi connectivity index (χ1v) is 7.76. The lowest BCUT2D eigenvalue weighted by Gasteiger charge is -2.20. The van der Waals surface area contributed by atoms with Crippen molar-refractivity contribution in [1.29, 1.82) is 0 Å². The number of carbonyl (C=O) groups is 1. The number of fused-ring (bicyclic) bond motifs is 1. The average molecular weight is 336 g/mol. The van der Waals surface area contributed by atoms with Crippen molar-refractivity contribution in [3.8, 4) is 5.69 Å². The fourth-order valence-corrected chi connectivity index (χ4v) is 2.82. The van der Waals surface area contributed by atoms with E-state index in [2.05, 4.69) is 5.10 Å². The minimum absolute atomic E-state index is 0.208. The number of benzene rings is 1. The highest BCUT2D eigenvalue weighted by Crippen LogP contribution is 2.30. The number of aromatic nitrogens is 2. The van der Waals surface area contributed by atoms with Crippen LogP contribution in [0, 0.1) is 0 Å². The van der Waals surface area contributed by atoms with Gasteiger partial charge in [0.25, 0.3) is 0 Å². The average Bonchev–Trinajstić information content (AvgIpc) is 2.92. The Bertz CT molecular complexity index is 742. The Kier molecular flexibility index (Phi) is 4.39. The van der Waals surface area contributed by atoms with E-state index >= 15 is 0 Å². The van der Waals surface area contributed by atoms with Gasteiger partial charge in [-0.25, -0.2) is 9.48 Å². The molecular formula is C16H18ClN3O3. The molecule has 7 heteroatoms. The normalized spacial score (nSPS) is 17.2.